The number of nitrogens with two attached hydrogens (primary N) is 1. The molecule has 5 atom stereocenters. The Kier molecular flexibility index (Phi) is 4.68. The van der Waals surface area contributed by atoms with Gasteiger partial charge in [-0.05, 0) is 44.9 Å². The van der Waals surface area contributed by atoms with Crippen LogP contribution in [0.3, 0.4) is 0 Å². The zero-order chi connectivity index (χ0) is 16.6. The molecule has 7 heteroatoms. The van der Waals surface area contributed by atoms with Crippen LogP contribution in [0.1, 0.15) is 50.9 Å². The molecule has 1 amide bonds. The van der Waals surface area contributed by atoms with Gasteiger partial charge in [0.15, 0.2) is 5.82 Å². The van der Waals surface area contributed by atoms with E-state index in [0.717, 1.165) is 12.8 Å². The van der Waals surface area contributed by atoms with E-state index in [-0.39, 0.29) is 24.0 Å². The summed E-state index contributed by atoms with van der Waals surface area (Å²) < 4.78 is 10.7. The van der Waals surface area contributed by atoms with Gasteiger partial charge >= 0.3 is 0 Å². The second-order valence-corrected chi connectivity index (χ2v) is 6.77. The van der Waals surface area contributed by atoms with Gasteiger partial charge in [0.25, 0.3) is 0 Å². The number of carbonyl (C=O) groups is 1. The van der Waals surface area contributed by atoms with Gasteiger partial charge in [0, 0.05) is 19.7 Å². The molecule has 0 aliphatic heterocycles. The molecule has 1 heterocycles. The second-order valence-electron chi connectivity index (χ2n) is 6.77. The monoisotopic (exact) mass is 322 g/mol. The predicted molar refractivity (Wildman–Crippen MR) is 83.1 cm³/mol. The number of hydrogen-bond acceptors (Lipinski definition) is 6. The Labute approximate surface area is 136 Å². The number of ether oxygens (including phenoxy) is 1. The summed E-state index contributed by atoms with van der Waals surface area (Å²) in [6.45, 7) is 4.70. The van der Waals surface area contributed by atoms with E-state index in [0.29, 0.717) is 36.7 Å². The van der Waals surface area contributed by atoms with E-state index in [2.05, 4.69) is 10.1 Å². The molecule has 23 heavy (non-hydrogen) atoms. The summed E-state index contributed by atoms with van der Waals surface area (Å²) in [6, 6.07) is -0.0000717. The van der Waals surface area contributed by atoms with Crippen molar-refractivity contribution >= 4 is 5.91 Å². The van der Waals surface area contributed by atoms with Crippen LogP contribution in [0, 0.1) is 17.8 Å². The van der Waals surface area contributed by atoms with Gasteiger partial charge in [0.2, 0.25) is 11.8 Å². The molecule has 2 saturated carbocycles. The van der Waals surface area contributed by atoms with Crippen LogP contribution >= 0.6 is 0 Å². The molecule has 0 spiro atoms. The van der Waals surface area contributed by atoms with Crippen LogP contribution < -0.4 is 5.73 Å². The summed E-state index contributed by atoms with van der Waals surface area (Å²) in [5.41, 5.74) is 6.26. The minimum absolute atomic E-state index is 0.0000717. The number of rotatable bonds is 6. The third kappa shape index (κ3) is 3.12. The first-order chi connectivity index (χ1) is 11.0. The first-order valence-electron chi connectivity index (χ1n) is 8.45. The van der Waals surface area contributed by atoms with E-state index in [9.17, 15) is 4.79 Å². The van der Waals surface area contributed by atoms with Crippen molar-refractivity contribution in [1.29, 1.82) is 0 Å². The zero-order valence-corrected chi connectivity index (χ0v) is 14.1. The van der Waals surface area contributed by atoms with Gasteiger partial charge in [-0.2, -0.15) is 4.98 Å². The van der Waals surface area contributed by atoms with Crippen LogP contribution in [0.15, 0.2) is 4.52 Å². The van der Waals surface area contributed by atoms with Crippen molar-refractivity contribution in [1.82, 2.24) is 15.0 Å². The summed E-state index contributed by atoms with van der Waals surface area (Å²) in [5, 5.41) is 3.92. The summed E-state index contributed by atoms with van der Waals surface area (Å²) >= 11 is 0. The van der Waals surface area contributed by atoms with Gasteiger partial charge in [-0.25, -0.2) is 0 Å². The van der Waals surface area contributed by atoms with E-state index in [1.165, 1.54) is 6.42 Å². The highest BCUT2D eigenvalue weighted by molar-refractivity contribution is 5.80. The van der Waals surface area contributed by atoms with E-state index in [1.54, 1.807) is 11.9 Å². The summed E-state index contributed by atoms with van der Waals surface area (Å²) in [6.07, 6.45) is 3.18. The molecule has 7 nitrogen and oxygen atoms in total. The second kappa shape index (κ2) is 6.57. The molecule has 2 bridgehead atoms. The quantitative estimate of drug-likeness (QED) is 0.853. The fourth-order valence-corrected chi connectivity index (χ4v) is 4.06. The SMILES string of the molecule is CCOC(C)c1noc(CN(C)C(=O)C2C3CCC(C3)C2N)n1. The van der Waals surface area contributed by atoms with Gasteiger partial charge in [-0.15, -0.1) is 0 Å². The molecule has 2 aliphatic rings. The molecule has 0 radical (unpaired) electrons. The Morgan fingerprint density at radius 3 is 2.87 bits per heavy atom. The van der Waals surface area contributed by atoms with Crippen LogP contribution in [-0.4, -0.2) is 40.6 Å². The minimum Gasteiger partial charge on any atom is -0.371 e. The lowest BCUT2D eigenvalue weighted by Gasteiger charge is -2.30. The molecule has 2 fully saturated rings. The average Bonchev–Trinajstić information content (AvgIpc) is 3.22. The maximum Gasteiger partial charge on any atom is 0.246 e. The van der Waals surface area contributed by atoms with E-state index < -0.39 is 0 Å². The largest absolute Gasteiger partial charge is 0.371 e. The summed E-state index contributed by atoms with van der Waals surface area (Å²) in [4.78, 5) is 18.7. The average molecular weight is 322 g/mol. The Morgan fingerprint density at radius 1 is 1.48 bits per heavy atom. The third-order valence-electron chi connectivity index (χ3n) is 5.28. The molecular weight excluding hydrogens is 296 g/mol. The maximum atomic E-state index is 12.7. The first kappa shape index (κ1) is 16.4. The normalized spacial score (nSPS) is 30.6. The van der Waals surface area contributed by atoms with Crippen molar-refractivity contribution < 1.29 is 14.1 Å². The number of carbonyl (C=O) groups excluding carboxylic acids is 1. The zero-order valence-electron chi connectivity index (χ0n) is 14.1. The van der Waals surface area contributed by atoms with Crippen LogP contribution in [0.4, 0.5) is 0 Å². The highest BCUT2D eigenvalue weighted by Gasteiger charge is 2.49. The van der Waals surface area contributed by atoms with Gasteiger partial charge in [0.1, 0.15) is 6.10 Å². The van der Waals surface area contributed by atoms with Gasteiger partial charge in [-0.1, -0.05) is 5.16 Å². The fraction of sp³-hybridized carbons (Fsp3) is 0.812. The Morgan fingerprint density at radius 2 is 2.22 bits per heavy atom. The molecule has 1 aromatic heterocycles. The summed E-state index contributed by atoms with van der Waals surface area (Å²) in [7, 11) is 1.77. The topological polar surface area (TPSA) is 94.5 Å². The van der Waals surface area contributed by atoms with Crippen LogP contribution in [0.2, 0.25) is 0 Å². The molecule has 128 valence electrons. The lowest BCUT2D eigenvalue weighted by molar-refractivity contribution is -0.137. The van der Waals surface area contributed by atoms with E-state index in [4.69, 9.17) is 15.0 Å². The number of hydrogen-bond donors (Lipinski definition) is 1. The van der Waals surface area contributed by atoms with Gasteiger partial charge < -0.3 is 19.9 Å². The van der Waals surface area contributed by atoms with E-state index in [1.807, 2.05) is 13.8 Å². The fourth-order valence-electron chi connectivity index (χ4n) is 4.06. The van der Waals surface area contributed by atoms with Gasteiger partial charge in [-0.3, -0.25) is 4.79 Å². The lowest BCUT2D eigenvalue weighted by atomic mass is 9.84. The standard InChI is InChI=1S/C16H26N4O3/c1-4-22-9(2)15-18-12(23-19-15)8-20(3)16(21)13-10-5-6-11(7-10)14(13)17/h9-11,13-14H,4-8,17H2,1-3H3. The number of aromatic nitrogens is 2. The number of nitrogens with zero attached hydrogens (tertiary/aromatic N) is 3. The molecule has 2 N–H and O–H groups in total. The van der Waals surface area contributed by atoms with Crippen LogP contribution in [-0.2, 0) is 16.1 Å². The van der Waals surface area contributed by atoms with Gasteiger partial charge in [0.05, 0.1) is 12.5 Å². The van der Waals surface area contributed by atoms with Crippen molar-refractivity contribution in [2.24, 2.45) is 23.5 Å². The number of fused-ring (bicyclic) bond motifs is 2. The van der Waals surface area contributed by atoms with E-state index >= 15 is 0 Å². The molecule has 3 rings (SSSR count). The minimum atomic E-state index is -0.211. The molecule has 0 saturated heterocycles. The van der Waals surface area contributed by atoms with Crippen LogP contribution in [0.25, 0.3) is 0 Å². The predicted octanol–water partition coefficient (Wildman–Crippen LogP) is 1.50. The van der Waals surface area contributed by atoms with Crippen molar-refractivity contribution in [3.05, 3.63) is 11.7 Å². The maximum absolute atomic E-state index is 12.7. The Hall–Kier alpha value is -1.47. The molecule has 1 aromatic rings. The van der Waals surface area contributed by atoms with Crippen molar-refractivity contribution in [2.45, 2.75) is 51.8 Å². The smallest absolute Gasteiger partial charge is 0.246 e. The highest BCUT2D eigenvalue weighted by atomic mass is 16.5. The highest BCUT2D eigenvalue weighted by Crippen LogP contribution is 2.48. The molecule has 0 aromatic carbocycles. The number of amides is 1. The Bertz CT molecular complexity index is 559. The molecule has 5 unspecified atom stereocenters. The van der Waals surface area contributed by atoms with Crippen molar-refractivity contribution in [3.8, 4) is 0 Å². The first-order valence-corrected chi connectivity index (χ1v) is 8.45. The molecular formula is C16H26N4O3. The third-order valence-corrected chi connectivity index (χ3v) is 5.28. The lowest BCUT2D eigenvalue weighted by Crippen LogP contribution is -2.45. The summed E-state index contributed by atoms with van der Waals surface area (Å²) in [5.74, 6) is 1.95. The van der Waals surface area contributed by atoms with Crippen molar-refractivity contribution in [3.63, 3.8) is 0 Å². The van der Waals surface area contributed by atoms with Crippen LogP contribution in [0.5, 0.6) is 0 Å². The Balaban J connectivity index is 1.61. The van der Waals surface area contributed by atoms with Crippen molar-refractivity contribution in [2.75, 3.05) is 13.7 Å². The molecule has 2 aliphatic carbocycles.